The summed E-state index contributed by atoms with van der Waals surface area (Å²) in [6.07, 6.45) is 0.213. The predicted octanol–water partition coefficient (Wildman–Crippen LogP) is 3.60. The zero-order valence-corrected chi connectivity index (χ0v) is 15.4. The van der Waals surface area contributed by atoms with Gasteiger partial charge in [-0.1, -0.05) is 18.2 Å². The number of nitrogens with zero attached hydrogens (tertiary/aromatic N) is 1. The van der Waals surface area contributed by atoms with E-state index in [0.717, 1.165) is 5.75 Å². The molecular weight excluding hydrogens is 347 g/mol. The molecule has 0 aromatic heterocycles. The van der Waals surface area contributed by atoms with Crippen LogP contribution in [-0.2, 0) is 16.1 Å². The van der Waals surface area contributed by atoms with Crippen molar-refractivity contribution in [3.8, 4) is 5.75 Å². The van der Waals surface area contributed by atoms with Crippen molar-refractivity contribution >= 4 is 17.5 Å². The van der Waals surface area contributed by atoms with Gasteiger partial charge in [0.15, 0.2) is 0 Å². The van der Waals surface area contributed by atoms with Gasteiger partial charge in [0.2, 0.25) is 11.8 Å². The number of halogens is 1. The van der Waals surface area contributed by atoms with Crippen LogP contribution < -0.4 is 10.1 Å². The fourth-order valence-electron chi connectivity index (χ4n) is 3.07. The molecule has 1 saturated heterocycles. The molecule has 0 radical (unpaired) electrons. The van der Waals surface area contributed by atoms with Crippen molar-refractivity contribution in [3.63, 3.8) is 0 Å². The van der Waals surface area contributed by atoms with Crippen LogP contribution in [0.2, 0.25) is 0 Å². The molecule has 0 aliphatic carbocycles. The summed E-state index contributed by atoms with van der Waals surface area (Å²) in [6, 6.07) is 13.5. The van der Waals surface area contributed by atoms with E-state index in [2.05, 4.69) is 5.32 Å². The van der Waals surface area contributed by atoms with Gasteiger partial charge in [-0.25, -0.2) is 4.39 Å². The highest BCUT2D eigenvalue weighted by molar-refractivity contribution is 5.97. The molecule has 0 bridgehead atoms. The summed E-state index contributed by atoms with van der Waals surface area (Å²) < 4.78 is 19.4. The first kappa shape index (κ1) is 18.9. The zero-order valence-electron chi connectivity index (χ0n) is 15.4. The standard InChI is InChI=1S/C21H23FN2O3/c1-14(2)27-18-9-7-17(8-10-18)23-21(26)16-11-20(25)24(13-16)12-15-5-3-4-6-19(15)22/h3-10,14,16H,11-13H2,1-2H3,(H,23,26). The molecule has 2 aromatic rings. The maximum Gasteiger partial charge on any atom is 0.229 e. The Morgan fingerprint density at radius 3 is 2.59 bits per heavy atom. The van der Waals surface area contributed by atoms with Crippen LogP contribution in [0.15, 0.2) is 48.5 Å². The molecule has 142 valence electrons. The minimum Gasteiger partial charge on any atom is -0.491 e. The summed E-state index contributed by atoms with van der Waals surface area (Å²) in [6.45, 7) is 4.35. The number of ether oxygens (including phenoxy) is 1. The molecule has 27 heavy (non-hydrogen) atoms. The third-order valence-corrected chi connectivity index (χ3v) is 4.40. The van der Waals surface area contributed by atoms with Crippen molar-refractivity contribution < 1.29 is 18.7 Å². The molecule has 1 aliphatic heterocycles. The second-order valence-electron chi connectivity index (χ2n) is 6.95. The lowest BCUT2D eigenvalue weighted by atomic mass is 10.1. The van der Waals surface area contributed by atoms with Gasteiger partial charge >= 0.3 is 0 Å². The number of rotatable bonds is 6. The highest BCUT2D eigenvalue weighted by Crippen LogP contribution is 2.23. The van der Waals surface area contributed by atoms with E-state index >= 15 is 0 Å². The SMILES string of the molecule is CC(C)Oc1ccc(NC(=O)C2CC(=O)N(Cc3ccccc3F)C2)cc1. The Labute approximate surface area is 158 Å². The molecular formula is C21H23FN2O3. The fourth-order valence-corrected chi connectivity index (χ4v) is 3.07. The van der Waals surface area contributed by atoms with Crippen LogP contribution in [0.4, 0.5) is 10.1 Å². The number of hydrogen-bond donors (Lipinski definition) is 1. The normalized spacial score (nSPS) is 16.7. The van der Waals surface area contributed by atoms with E-state index in [0.29, 0.717) is 11.3 Å². The Morgan fingerprint density at radius 2 is 1.93 bits per heavy atom. The summed E-state index contributed by atoms with van der Waals surface area (Å²) in [5.74, 6) is -0.413. The molecule has 1 unspecified atom stereocenters. The number of nitrogens with one attached hydrogen (secondary N) is 1. The third-order valence-electron chi connectivity index (χ3n) is 4.40. The third kappa shape index (κ3) is 4.84. The quantitative estimate of drug-likeness (QED) is 0.845. The van der Waals surface area contributed by atoms with Crippen molar-refractivity contribution in [2.75, 3.05) is 11.9 Å². The first-order chi connectivity index (χ1) is 12.9. The number of likely N-dealkylation sites (tertiary alicyclic amines) is 1. The molecule has 2 aromatic carbocycles. The molecule has 1 atom stereocenters. The summed E-state index contributed by atoms with van der Waals surface area (Å²) in [5, 5.41) is 2.83. The molecule has 1 aliphatic rings. The fraction of sp³-hybridized carbons (Fsp3) is 0.333. The smallest absolute Gasteiger partial charge is 0.229 e. The van der Waals surface area contributed by atoms with E-state index in [4.69, 9.17) is 4.74 Å². The monoisotopic (exact) mass is 370 g/mol. The van der Waals surface area contributed by atoms with E-state index in [1.807, 2.05) is 13.8 Å². The molecule has 3 rings (SSSR count). The van der Waals surface area contributed by atoms with E-state index in [1.54, 1.807) is 42.5 Å². The molecule has 6 heteroatoms. The van der Waals surface area contributed by atoms with Gasteiger partial charge in [0, 0.05) is 30.8 Å². The van der Waals surface area contributed by atoms with Crippen molar-refractivity contribution in [2.24, 2.45) is 5.92 Å². The minimum atomic E-state index is -0.448. The Morgan fingerprint density at radius 1 is 1.22 bits per heavy atom. The number of anilines is 1. The topological polar surface area (TPSA) is 58.6 Å². The van der Waals surface area contributed by atoms with E-state index in [-0.39, 0.29) is 43.2 Å². The number of amides is 2. The number of benzene rings is 2. The van der Waals surface area contributed by atoms with Crippen molar-refractivity contribution in [1.29, 1.82) is 0 Å². The van der Waals surface area contributed by atoms with Crippen LogP contribution in [0, 0.1) is 11.7 Å². The van der Waals surface area contributed by atoms with Gasteiger partial charge in [-0.15, -0.1) is 0 Å². The van der Waals surface area contributed by atoms with Crippen molar-refractivity contribution in [2.45, 2.75) is 32.9 Å². The number of carbonyl (C=O) groups excluding carboxylic acids is 2. The maximum absolute atomic E-state index is 13.8. The van der Waals surface area contributed by atoms with Gasteiger partial charge in [-0.05, 0) is 44.2 Å². The number of hydrogen-bond acceptors (Lipinski definition) is 3. The first-order valence-electron chi connectivity index (χ1n) is 9.01. The van der Waals surface area contributed by atoms with Crippen molar-refractivity contribution in [3.05, 3.63) is 59.9 Å². The predicted molar refractivity (Wildman–Crippen MR) is 101 cm³/mol. The van der Waals surface area contributed by atoms with Gasteiger partial charge in [-0.3, -0.25) is 9.59 Å². The second-order valence-corrected chi connectivity index (χ2v) is 6.95. The van der Waals surface area contributed by atoms with E-state index in [9.17, 15) is 14.0 Å². The lowest BCUT2D eigenvalue weighted by Gasteiger charge is -2.17. The van der Waals surface area contributed by atoms with E-state index < -0.39 is 5.92 Å². The molecule has 2 amide bonds. The average molecular weight is 370 g/mol. The van der Waals surface area contributed by atoms with Crippen LogP contribution in [0.3, 0.4) is 0 Å². The molecule has 1 heterocycles. The summed E-state index contributed by atoms with van der Waals surface area (Å²) in [5.41, 5.74) is 1.10. The van der Waals surface area contributed by atoms with Crippen LogP contribution in [0.5, 0.6) is 5.75 Å². The molecule has 5 nitrogen and oxygen atoms in total. The molecule has 0 saturated carbocycles. The van der Waals surface area contributed by atoms with Gasteiger partial charge in [0.25, 0.3) is 0 Å². The van der Waals surface area contributed by atoms with Crippen LogP contribution in [-0.4, -0.2) is 29.4 Å². The molecule has 0 spiro atoms. The Balaban J connectivity index is 1.58. The summed E-state index contributed by atoms with van der Waals surface area (Å²) in [4.78, 5) is 26.2. The summed E-state index contributed by atoms with van der Waals surface area (Å²) in [7, 11) is 0. The van der Waals surface area contributed by atoms with Gasteiger partial charge < -0.3 is 15.0 Å². The maximum atomic E-state index is 13.8. The average Bonchev–Trinajstić information content (AvgIpc) is 2.99. The lowest BCUT2D eigenvalue weighted by molar-refractivity contribution is -0.128. The second kappa shape index (κ2) is 8.20. The molecule has 1 fully saturated rings. The van der Waals surface area contributed by atoms with E-state index in [1.165, 1.54) is 11.0 Å². The van der Waals surface area contributed by atoms with Gasteiger partial charge in [-0.2, -0.15) is 0 Å². The Kier molecular flexibility index (Phi) is 5.74. The van der Waals surface area contributed by atoms with Gasteiger partial charge in [0.05, 0.1) is 12.0 Å². The van der Waals surface area contributed by atoms with Crippen LogP contribution >= 0.6 is 0 Å². The zero-order chi connectivity index (χ0) is 19.4. The van der Waals surface area contributed by atoms with Gasteiger partial charge in [0.1, 0.15) is 11.6 Å². The largest absolute Gasteiger partial charge is 0.491 e. The molecule has 1 N–H and O–H groups in total. The first-order valence-corrected chi connectivity index (χ1v) is 9.01. The Hall–Kier alpha value is -2.89. The highest BCUT2D eigenvalue weighted by atomic mass is 19.1. The van der Waals surface area contributed by atoms with Crippen LogP contribution in [0.25, 0.3) is 0 Å². The van der Waals surface area contributed by atoms with Crippen LogP contribution in [0.1, 0.15) is 25.8 Å². The Bertz CT molecular complexity index is 820. The minimum absolute atomic E-state index is 0.0791. The highest BCUT2D eigenvalue weighted by Gasteiger charge is 2.34. The van der Waals surface area contributed by atoms with Crippen molar-refractivity contribution in [1.82, 2.24) is 4.90 Å². The lowest BCUT2D eigenvalue weighted by Crippen LogP contribution is -2.28. The summed E-state index contributed by atoms with van der Waals surface area (Å²) >= 11 is 0. The number of carbonyl (C=O) groups is 2.